The molecule has 102 valence electrons. The third kappa shape index (κ3) is 5.03. The normalized spacial score (nSPS) is 10.7. The van der Waals surface area contributed by atoms with Crippen molar-refractivity contribution in [1.29, 1.82) is 0 Å². The number of hydrogen-bond donors (Lipinski definition) is 1. The first-order valence-corrected chi connectivity index (χ1v) is 7.21. The molecule has 0 bridgehead atoms. The molecule has 1 aromatic carbocycles. The molecule has 1 heterocycles. The van der Waals surface area contributed by atoms with Gasteiger partial charge in [0.1, 0.15) is 0 Å². The van der Waals surface area contributed by atoms with Crippen molar-refractivity contribution in [3.05, 3.63) is 59.4 Å². The molecule has 6 heteroatoms. The molecule has 0 fully saturated rings. The fourth-order valence-electron chi connectivity index (χ4n) is 1.34. The minimum atomic E-state index is -0.162. The van der Waals surface area contributed by atoms with E-state index in [9.17, 15) is 4.79 Å². The van der Waals surface area contributed by atoms with Crippen molar-refractivity contribution < 1.29 is 4.79 Å². The molecule has 0 unspecified atom stereocenters. The molecule has 0 saturated heterocycles. The van der Waals surface area contributed by atoms with E-state index in [-0.39, 0.29) is 5.91 Å². The van der Waals surface area contributed by atoms with Crippen LogP contribution < -0.4 is 5.43 Å². The maximum absolute atomic E-state index is 11.6. The van der Waals surface area contributed by atoms with Crippen LogP contribution in [0.4, 0.5) is 0 Å². The first-order valence-electron chi connectivity index (χ1n) is 5.84. The Morgan fingerprint density at radius 1 is 1.35 bits per heavy atom. The number of nitrogens with one attached hydrogen (secondary N) is 1. The van der Waals surface area contributed by atoms with Gasteiger partial charge in [-0.1, -0.05) is 17.7 Å². The van der Waals surface area contributed by atoms with Gasteiger partial charge in [-0.2, -0.15) is 5.10 Å². The van der Waals surface area contributed by atoms with Gasteiger partial charge in [0.15, 0.2) is 0 Å². The van der Waals surface area contributed by atoms with Crippen LogP contribution in [0.5, 0.6) is 0 Å². The van der Waals surface area contributed by atoms with Gasteiger partial charge in [0.05, 0.1) is 12.0 Å². The zero-order chi connectivity index (χ0) is 14.2. The van der Waals surface area contributed by atoms with E-state index in [1.54, 1.807) is 36.8 Å². The van der Waals surface area contributed by atoms with Crippen LogP contribution in [-0.4, -0.2) is 22.9 Å². The van der Waals surface area contributed by atoms with Crippen LogP contribution in [0.1, 0.15) is 5.56 Å². The Labute approximate surface area is 126 Å². The van der Waals surface area contributed by atoms with Gasteiger partial charge in [0, 0.05) is 27.9 Å². The van der Waals surface area contributed by atoms with Gasteiger partial charge >= 0.3 is 0 Å². The predicted octanol–water partition coefficient (Wildman–Crippen LogP) is 2.98. The number of carbonyl (C=O) groups excluding carboxylic acids is 1. The van der Waals surface area contributed by atoms with Crippen LogP contribution in [-0.2, 0) is 4.79 Å². The highest BCUT2D eigenvalue weighted by molar-refractivity contribution is 8.00. The quantitative estimate of drug-likeness (QED) is 0.525. The molecule has 1 N–H and O–H groups in total. The zero-order valence-corrected chi connectivity index (χ0v) is 12.1. The van der Waals surface area contributed by atoms with Crippen molar-refractivity contribution in [3.8, 4) is 0 Å². The van der Waals surface area contributed by atoms with Crippen molar-refractivity contribution in [1.82, 2.24) is 10.4 Å². The van der Waals surface area contributed by atoms with Gasteiger partial charge in [-0.05, 0) is 30.3 Å². The second kappa shape index (κ2) is 7.67. The third-order valence-corrected chi connectivity index (χ3v) is 3.53. The van der Waals surface area contributed by atoms with E-state index in [1.165, 1.54) is 11.8 Å². The van der Waals surface area contributed by atoms with E-state index < -0.39 is 0 Å². The molecule has 0 atom stereocenters. The first-order chi connectivity index (χ1) is 9.74. The highest BCUT2D eigenvalue weighted by Gasteiger charge is 2.01. The predicted molar refractivity (Wildman–Crippen MR) is 82.1 cm³/mol. The summed E-state index contributed by atoms with van der Waals surface area (Å²) in [7, 11) is 0. The van der Waals surface area contributed by atoms with Crippen molar-refractivity contribution in [2.75, 3.05) is 5.75 Å². The molecule has 0 spiro atoms. The number of amides is 1. The monoisotopic (exact) mass is 305 g/mol. The van der Waals surface area contributed by atoms with Crippen LogP contribution in [0.2, 0.25) is 5.02 Å². The number of rotatable bonds is 5. The minimum absolute atomic E-state index is 0.162. The molecule has 0 aliphatic heterocycles. The maximum Gasteiger partial charge on any atom is 0.250 e. The number of carbonyl (C=O) groups is 1. The summed E-state index contributed by atoms with van der Waals surface area (Å²) >= 11 is 7.21. The number of hydrogen-bond acceptors (Lipinski definition) is 4. The summed E-state index contributed by atoms with van der Waals surface area (Å²) in [6.45, 7) is 0. The highest BCUT2D eigenvalue weighted by atomic mass is 35.5. The highest BCUT2D eigenvalue weighted by Crippen LogP contribution is 2.19. The largest absolute Gasteiger partial charge is 0.272 e. The lowest BCUT2D eigenvalue weighted by Crippen LogP contribution is -2.19. The molecule has 2 aromatic rings. The molecule has 0 aliphatic rings. The Morgan fingerprint density at radius 2 is 2.15 bits per heavy atom. The zero-order valence-electron chi connectivity index (χ0n) is 10.5. The average molecular weight is 306 g/mol. The van der Waals surface area contributed by atoms with E-state index in [0.29, 0.717) is 10.8 Å². The second-order valence-electron chi connectivity index (χ2n) is 3.82. The molecule has 4 nitrogen and oxygen atoms in total. The number of thioether (sulfide) groups is 1. The lowest BCUT2D eigenvalue weighted by molar-refractivity contribution is -0.118. The van der Waals surface area contributed by atoms with Crippen molar-refractivity contribution in [3.63, 3.8) is 0 Å². The SMILES string of the molecule is O=C(CSc1ccc(Cl)cc1)N/N=C\c1cccnc1. The van der Waals surface area contributed by atoms with Gasteiger partial charge < -0.3 is 0 Å². The minimum Gasteiger partial charge on any atom is -0.272 e. The van der Waals surface area contributed by atoms with Gasteiger partial charge in [0.2, 0.25) is 5.91 Å². The number of nitrogens with zero attached hydrogens (tertiary/aromatic N) is 2. The molecular formula is C14H12ClN3OS. The van der Waals surface area contributed by atoms with E-state index >= 15 is 0 Å². The van der Waals surface area contributed by atoms with Crippen LogP contribution in [0.3, 0.4) is 0 Å². The number of benzene rings is 1. The number of aromatic nitrogens is 1. The Morgan fingerprint density at radius 3 is 2.85 bits per heavy atom. The molecule has 1 amide bonds. The lowest BCUT2D eigenvalue weighted by atomic mass is 10.3. The summed E-state index contributed by atoms with van der Waals surface area (Å²) in [5, 5.41) is 4.55. The summed E-state index contributed by atoms with van der Waals surface area (Å²) in [5.74, 6) is 0.136. The standard InChI is InChI=1S/C14H12ClN3OS/c15-12-3-5-13(6-4-12)20-10-14(19)18-17-9-11-2-1-7-16-8-11/h1-9H,10H2,(H,18,19)/b17-9-. The van der Waals surface area contributed by atoms with E-state index in [4.69, 9.17) is 11.6 Å². The molecular weight excluding hydrogens is 294 g/mol. The van der Waals surface area contributed by atoms with E-state index in [2.05, 4.69) is 15.5 Å². The summed E-state index contributed by atoms with van der Waals surface area (Å²) < 4.78 is 0. The van der Waals surface area contributed by atoms with Crippen LogP contribution in [0.15, 0.2) is 58.8 Å². The molecule has 0 saturated carbocycles. The fraction of sp³-hybridized carbons (Fsp3) is 0.0714. The first kappa shape index (κ1) is 14.6. The van der Waals surface area contributed by atoms with Gasteiger partial charge in [-0.25, -0.2) is 5.43 Å². The summed E-state index contributed by atoms with van der Waals surface area (Å²) in [6.07, 6.45) is 4.90. The van der Waals surface area contributed by atoms with Gasteiger partial charge in [0.25, 0.3) is 0 Å². The molecule has 0 aliphatic carbocycles. The topological polar surface area (TPSA) is 54.4 Å². The second-order valence-corrected chi connectivity index (χ2v) is 5.31. The van der Waals surface area contributed by atoms with Gasteiger partial charge in [-0.3, -0.25) is 9.78 Å². The van der Waals surface area contributed by atoms with E-state index in [1.807, 2.05) is 18.2 Å². The maximum atomic E-state index is 11.6. The Bertz CT molecular complexity index is 587. The Kier molecular flexibility index (Phi) is 5.58. The van der Waals surface area contributed by atoms with Crippen LogP contribution in [0.25, 0.3) is 0 Å². The van der Waals surface area contributed by atoms with Crippen molar-refractivity contribution >= 4 is 35.5 Å². The van der Waals surface area contributed by atoms with Crippen molar-refractivity contribution in [2.45, 2.75) is 4.90 Å². The Hall–Kier alpha value is -1.85. The number of halogens is 1. The number of hydrazone groups is 1. The summed E-state index contributed by atoms with van der Waals surface area (Å²) in [5.41, 5.74) is 3.30. The molecule has 20 heavy (non-hydrogen) atoms. The Balaban J connectivity index is 1.76. The van der Waals surface area contributed by atoms with Crippen molar-refractivity contribution in [2.24, 2.45) is 5.10 Å². The molecule has 2 rings (SSSR count). The smallest absolute Gasteiger partial charge is 0.250 e. The molecule has 0 radical (unpaired) electrons. The van der Waals surface area contributed by atoms with Crippen LogP contribution >= 0.6 is 23.4 Å². The number of pyridine rings is 1. The average Bonchev–Trinajstić information content (AvgIpc) is 2.48. The lowest BCUT2D eigenvalue weighted by Gasteiger charge is -2.01. The van der Waals surface area contributed by atoms with Gasteiger partial charge in [-0.15, -0.1) is 11.8 Å². The summed E-state index contributed by atoms with van der Waals surface area (Å²) in [6, 6.07) is 11.0. The molecule has 1 aromatic heterocycles. The third-order valence-electron chi connectivity index (χ3n) is 2.27. The summed E-state index contributed by atoms with van der Waals surface area (Å²) in [4.78, 5) is 16.5. The van der Waals surface area contributed by atoms with Crippen LogP contribution in [0, 0.1) is 0 Å². The fourth-order valence-corrected chi connectivity index (χ4v) is 2.16. The van der Waals surface area contributed by atoms with E-state index in [0.717, 1.165) is 10.5 Å².